The minimum Gasteiger partial charge on any atom is -0.305 e. The molecule has 0 atom stereocenters. The third-order valence-electron chi connectivity index (χ3n) is 1.99. The van der Waals surface area contributed by atoms with Gasteiger partial charge in [0.25, 0.3) is 5.91 Å². The summed E-state index contributed by atoms with van der Waals surface area (Å²) in [6.45, 7) is 0. The molecule has 4 nitrogen and oxygen atoms in total. The van der Waals surface area contributed by atoms with Gasteiger partial charge in [0.05, 0.1) is 12.4 Å². The van der Waals surface area contributed by atoms with E-state index in [-0.39, 0.29) is 5.91 Å². The quantitative estimate of drug-likeness (QED) is 0.845. The normalized spacial score (nSPS) is 10.2. The van der Waals surface area contributed by atoms with E-state index in [0.29, 0.717) is 21.0 Å². The predicted molar refractivity (Wildman–Crippen MR) is 76.8 cm³/mol. The number of hydrogen-bond donors (Lipinski definition) is 1. The van der Waals surface area contributed by atoms with Gasteiger partial charge in [-0.15, -0.1) is 0 Å². The highest BCUT2D eigenvalue weighted by atomic mass is 79.9. The van der Waals surface area contributed by atoms with Crippen molar-refractivity contribution in [2.45, 2.75) is 0 Å². The number of nitrogens with one attached hydrogen (secondary N) is 1. The van der Waals surface area contributed by atoms with Crippen LogP contribution in [0.2, 0.25) is 5.02 Å². The number of benzene rings is 1. The molecule has 2 rings (SSSR count). The smallest absolute Gasteiger partial charge is 0.256 e. The second-order valence-corrected chi connectivity index (χ2v) is 5.50. The maximum Gasteiger partial charge on any atom is 0.256 e. The van der Waals surface area contributed by atoms with Gasteiger partial charge in [0.1, 0.15) is 4.60 Å². The van der Waals surface area contributed by atoms with Crippen LogP contribution in [-0.4, -0.2) is 15.9 Å². The molecule has 1 heterocycles. The second kappa shape index (κ2) is 5.77. The van der Waals surface area contributed by atoms with Gasteiger partial charge in [-0.05, 0) is 34.1 Å². The Morgan fingerprint density at radius 2 is 1.94 bits per heavy atom. The molecule has 2 aromatic rings. The predicted octanol–water partition coefficient (Wildman–Crippen LogP) is 3.91. The number of halogens is 3. The number of nitrogens with zero attached hydrogens (tertiary/aromatic N) is 2. The van der Waals surface area contributed by atoms with Gasteiger partial charge in [0.2, 0.25) is 0 Å². The minimum atomic E-state index is -0.296. The summed E-state index contributed by atoms with van der Waals surface area (Å²) in [4.78, 5) is 19.9. The highest BCUT2D eigenvalue weighted by Crippen LogP contribution is 2.20. The molecule has 1 amide bonds. The molecular formula is C11H6Br2ClN3O. The number of carbonyl (C=O) groups excluding carboxylic acids is 1. The molecule has 0 aliphatic carbocycles. The Hall–Kier alpha value is -0.980. The van der Waals surface area contributed by atoms with E-state index in [1.54, 1.807) is 18.2 Å². The molecule has 1 aromatic carbocycles. The number of rotatable bonds is 2. The highest BCUT2D eigenvalue weighted by Gasteiger charge is 2.09. The topological polar surface area (TPSA) is 54.9 Å². The summed E-state index contributed by atoms with van der Waals surface area (Å²) in [7, 11) is 0. The number of anilines is 1. The standard InChI is InChI=1S/C11H6Br2ClN3O/c12-7-1-6(2-8(14)3-7)11(18)17-10-5-15-9(13)4-16-10/h1-5H,(H,16,17,18). The van der Waals surface area contributed by atoms with Crippen LogP contribution in [0.4, 0.5) is 5.82 Å². The average Bonchev–Trinajstić information content (AvgIpc) is 2.31. The van der Waals surface area contributed by atoms with Crippen LogP contribution >= 0.6 is 43.5 Å². The van der Waals surface area contributed by atoms with Crippen molar-refractivity contribution in [2.75, 3.05) is 5.32 Å². The fourth-order valence-corrected chi connectivity index (χ4v) is 2.32. The molecule has 18 heavy (non-hydrogen) atoms. The van der Waals surface area contributed by atoms with E-state index >= 15 is 0 Å². The Bertz CT molecular complexity index is 569. The molecule has 0 radical (unpaired) electrons. The van der Waals surface area contributed by atoms with Crippen LogP contribution in [0.5, 0.6) is 0 Å². The van der Waals surface area contributed by atoms with Gasteiger partial charge in [0.15, 0.2) is 5.82 Å². The van der Waals surface area contributed by atoms with E-state index in [1.165, 1.54) is 12.4 Å². The lowest BCUT2D eigenvalue weighted by Crippen LogP contribution is -2.13. The lowest BCUT2D eigenvalue weighted by molar-refractivity contribution is 0.102. The van der Waals surface area contributed by atoms with Crippen molar-refractivity contribution in [1.29, 1.82) is 0 Å². The summed E-state index contributed by atoms with van der Waals surface area (Å²) in [5, 5.41) is 3.11. The van der Waals surface area contributed by atoms with E-state index in [1.807, 2.05) is 0 Å². The van der Waals surface area contributed by atoms with Crippen LogP contribution in [-0.2, 0) is 0 Å². The van der Waals surface area contributed by atoms with Crippen LogP contribution in [0.25, 0.3) is 0 Å². The third-order valence-corrected chi connectivity index (χ3v) is 3.07. The number of carbonyl (C=O) groups is 1. The molecule has 0 spiro atoms. The molecule has 0 fully saturated rings. The van der Waals surface area contributed by atoms with Gasteiger partial charge < -0.3 is 5.32 Å². The van der Waals surface area contributed by atoms with Gasteiger partial charge in [-0.3, -0.25) is 4.79 Å². The molecule has 0 aliphatic heterocycles. The molecular weight excluding hydrogens is 385 g/mol. The lowest BCUT2D eigenvalue weighted by Gasteiger charge is -2.05. The first-order valence-electron chi connectivity index (χ1n) is 4.79. The summed E-state index contributed by atoms with van der Waals surface area (Å²) in [5.41, 5.74) is 0.444. The third kappa shape index (κ3) is 3.51. The van der Waals surface area contributed by atoms with E-state index in [9.17, 15) is 4.79 Å². The van der Waals surface area contributed by atoms with Crippen LogP contribution in [0.1, 0.15) is 10.4 Å². The van der Waals surface area contributed by atoms with Crippen LogP contribution in [0, 0.1) is 0 Å². The molecule has 0 bridgehead atoms. The fourth-order valence-electron chi connectivity index (χ4n) is 1.25. The van der Waals surface area contributed by atoms with Gasteiger partial charge in [-0.1, -0.05) is 27.5 Å². The minimum absolute atomic E-state index is 0.296. The Balaban J connectivity index is 2.19. The van der Waals surface area contributed by atoms with Crippen LogP contribution < -0.4 is 5.32 Å². The van der Waals surface area contributed by atoms with Crippen LogP contribution in [0.15, 0.2) is 39.7 Å². The van der Waals surface area contributed by atoms with Crippen LogP contribution in [0.3, 0.4) is 0 Å². The molecule has 92 valence electrons. The molecule has 7 heteroatoms. The Labute approximate surface area is 125 Å². The summed E-state index contributed by atoms with van der Waals surface area (Å²) in [5.74, 6) is 0.0779. The van der Waals surface area contributed by atoms with Gasteiger partial charge in [0, 0.05) is 15.1 Å². The van der Waals surface area contributed by atoms with E-state index < -0.39 is 0 Å². The number of amides is 1. The molecule has 0 unspecified atom stereocenters. The highest BCUT2D eigenvalue weighted by molar-refractivity contribution is 9.10. The Kier molecular flexibility index (Phi) is 4.31. The molecule has 1 N–H and O–H groups in total. The van der Waals surface area contributed by atoms with E-state index in [0.717, 1.165) is 4.47 Å². The number of aromatic nitrogens is 2. The molecule has 0 aliphatic rings. The van der Waals surface area contributed by atoms with Crippen molar-refractivity contribution in [3.05, 3.63) is 50.3 Å². The SMILES string of the molecule is O=C(Nc1cnc(Br)cn1)c1cc(Cl)cc(Br)c1. The summed E-state index contributed by atoms with van der Waals surface area (Å²) < 4.78 is 1.34. The van der Waals surface area contributed by atoms with Crippen molar-refractivity contribution >= 4 is 55.2 Å². The maximum atomic E-state index is 11.9. The first-order valence-corrected chi connectivity index (χ1v) is 6.76. The van der Waals surface area contributed by atoms with E-state index in [2.05, 4.69) is 47.1 Å². The first kappa shape index (κ1) is 13.5. The van der Waals surface area contributed by atoms with Gasteiger partial charge >= 0.3 is 0 Å². The first-order chi connectivity index (χ1) is 8.54. The van der Waals surface area contributed by atoms with Crippen molar-refractivity contribution in [2.24, 2.45) is 0 Å². The zero-order chi connectivity index (χ0) is 13.1. The Morgan fingerprint density at radius 3 is 2.56 bits per heavy atom. The Morgan fingerprint density at radius 1 is 1.17 bits per heavy atom. The zero-order valence-corrected chi connectivity index (χ0v) is 12.8. The second-order valence-electron chi connectivity index (χ2n) is 3.34. The number of hydrogen-bond acceptors (Lipinski definition) is 3. The van der Waals surface area contributed by atoms with Gasteiger partial charge in [-0.2, -0.15) is 0 Å². The zero-order valence-electron chi connectivity index (χ0n) is 8.82. The van der Waals surface area contributed by atoms with Gasteiger partial charge in [-0.25, -0.2) is 9.97 Å². The summed E-state index contributed by atoms with van der Waals surface area (Å²) in [6, 6.07) is 4.96. The van der Waals surface area contributed by atoms with Crippen molar-refractivity contribution in [3.63, 3.8) is 0 Å². The maximum absolute atomic E-state index is 11.9. The monoisotopic (exact) mass is 389 g/mol. The summed E-state index contributed by atoms with van der Waals surface area (Å²) in [6.07, 6.45) is 2.96. The largest absolute Gasteiger partial charge is 0.305 e. The molecule has 1 aromatic heterocycles. The van der Waals surface area contributed by atoms with Crippen molar-refractivity contribution in [1.82, 2.24) is 9.97 Å². The lowest BCUT2D eigenvalue weighted by atomic mass is 10.2. The fraction of sp³-hybridized carbons (Fsp3) is 0. The average molecular weight is 391 g/mol. The van der Waals surface area contributed by atoms with Crippen molar-refractivity contribution < 1.29 is 4.79 Å². The van der Waals surface area contributed by atoms with E-state index in [4.69, 9.17) is 11.6 Å². The summed E-state index contributed by atoms with van der Waals surface area (Å²) >= 11 is 12.3. The van der Waals surface area contributed by atoms with Crippen molar-refractivity contribution in [3.8, 4) is 0 Å². The molecule has 0 saturated carbocycles. The molecule has 0 saturated heterocycles.